The Kier molecular flexibility index (Phi) is 7.69. The lowest BCUT2D eigenvalue weighted by Gasteiger charge is -2.26. The average Bonchev–Trinajstić information content (AvgIpc) is 2.88. The third-order valence-electron chi connectivity index (χ3n) is 5.26. The highest BCUT2D eigenvalue weighted by Gasteiger charge is 2.37. The summed E-state index contributed by atoms with van der Waals surface area (Å²) < 4.78 is 11.5. The van der Waals surface area contributed by atoms with Crippen molar-refractivity contribution in [1.82, 2.24) is 5.32 Å². The molecule has 1 saturated heterocycles. The average molecular weight is 645 g/mol. The highest BCUT2D eigenvalue weighted by atomic mass is 79.9. The lowest BCUT2D eigenvalue weighted by atomic mass is 10.1. The number of methoxy groups -OCH3 is 1. The quantitative estimate of drug-likeness (QED) is 0.0984. The van der Waals surface area contributed by atoms with E-state index in [4.69, 9.17) is 9.47 Å². The van der Waals surface area contributed by atoms with Gasteiger partial charge in [0, 0.05) is 28.2 Å². The minimum absolute atomic E-state index is 0.0327. The maximum atomic E-state index is 13.3. The number of imide groups is 2. The van der Waals surface area contributed by atoms with Crippen molar-refractivity contribution in [3.05, 3.63) is 96.4 Å². The van der Waals surface area contributed by atoms with Crippen LogP contribution in [0.2, 0.25) is 0 Å². The second kappa shape index (κ2) is 10.9. The van der Waals surface area contributed by atoms with Gasteiger partial charge in [-0.3, -0.25) is 25.0 Å². The van der Waals surface area contributed by atoms with Gasteiger partial charge in [0.15, 0.2) is 5.75 Å². The Bertz CT molecular complexity index is 1540. The van der Waals surface area contributed by atoms with Gasteiger partial charge in [0.1, 0.15) is 11.3 Å². The molecular formula is C25H15Br2N3O8. The number of hydrogen-bond donors (Lipinski definition) is 1. The number of amides is 4. The van der Waals surface area contributed by atoms with Crippen molar-refractivity contribution in [1.29, 1.82) is 0 Å². The SMILES string of the molecule is COc1cccc(N2C(=O)NC(=O)/C(=C/c3cc(Br)cc(Br)c3OC(=O)c3ccc([N+](=O)[O-])cc3)C2=O)c1. The van der Waals surface area contributed by atoms with Crippen molar-refractivity contribution in [2.45, 2.75) is 0 Å². The van der Waals surface area contributed by atoms with E-state index in [0.29, 0.717) is 14.7 Å². The van der Waals surface area contributed by atoms with E-state index >= 15 is 0 Å². The molecule has 1 aliphatic heterocycles. The molecule has 0 atom stereocenters. The highest BCUT2D eigenvalue weighted by molar-refractivity contribution is 9.11. The molecule has 4 rings (SSSR count). The first kappa shape index (κ1) is 26.7. The number of ether oxygens (including phenoxy) is 2. The molecular weight excluding hydrogens is 630 g/mol. The molecule has 1 aliphatic rings. The largest absolute Gasteiger partial charge is 0.497 e. The van der Waals surface area contributed by atoms with E-state index in [1.165, 1.54) is 43.5 Å². The Morgan fingerprint density at radius 1 is 1.05 bits per heavy atom. The summed E-state index contributed by atoms with van der Waals surface area (Å²) >= 11 is 6.63. The van der Waals surface area contributed by atoms with Crippen molar-refractivity contribution in [2.24, 2.45) is 0 Å². The summed E-state index contributed by atoms with van der Waals surface area (Å²) in [6.45, 7) is 0. The molecule has 0 radical (unpaired) electrons. The maximum absolute atomic E-state index is 13.3. The lowest BCUT2D eigenvalue weighted by Crippen LogP contribution is -2.54. The zero-order valence-corrected chi connectivity index (χ0v) is 22.4. The molecule has 4 amide bonds. The Morgan fingerprint density at radius 3 is 2.42 bits per heavy atom. The number of non-ortho nitro benzene ring substituents is 1. The van der Waals surface area contributed by atoms with Crippen molar-refractivity contribution >= 4 is 73.1 Å². The Hall–Kier alpha value is -4.36. The molecule has 0 spiro atoms. The molecule has 1 N–H and O–H groups in total. The predicted molar refractivity (Wildman–Crippen MR) is 142 cm³/mol. The summed E-state index contributed by atoms with van der Waals surface area (Å²) in [6, 6.07) is 13.1. The molecule has 1 heterocycles. The number of urea groups is 1. The number of nitro benzene ring substituents is 1. The fraction of sp³-hybridized carbons (Fsp3) is 0.0400. The van der Waals surface area contributed by atoms with Gasteiger partial charge in [0.05, 0.1) is 27.8 Å². The maximum Gasteiger partial charge on any atom is 0.343 e. The number of anilines is 1. The molecule has 192 valence electrons. The number of benzene rings is 3. The van der Waals surface area contributed by atoms with E-state index in [-0.39, 0.29) is 28.3 Å². The molecule has 11 nitrogen and oxygen atoms in total. The van der Waals surface area contributed by atoms with Crippen LogP contribution in [0.3, 0.4) is 0 Å². The monoisotopic (exact) mass is 643 g/mol. The summed E-state index contributed by atoms with van der Waals surface area (Å²) in [4.78, 5) is 62.4. The fourth-order valence-corrected chi connectivity index (χ4v) is 4.80. The van der Waals surface area contributed by atoms with Gasteiger partial charge in [-0.05, 0) is 58.4 Å². The van der Waals surface area contributed by atoms with Gasteiger partial charge in [-0.1, -0.05) is 22.0 Å². The van der Waals surface area contributed by atoms with Crippen molar-refractivity contribution in [2.75, 3.05) is 12.0 Å². The lowest BCUT2D eigenvalue weighted by molar-refractivity contribution is -0.384. The molecule has 3 aromatic rings. The fourth-order valence-electron chi connectivity index (χ4n) is 3.46. The van der Waals surface area contributed by atoms with E-state index in [9.17, 15) is 29.3 Å². The van der Waals surface area contributed by atoms with Crippen LogP contribution in [0.15, 0.2) is 75.2 Å². The first-order chi connectivity index (χ1) is 18.1. The third kappa shape index (κ3) is 5.48. The van der Waals surface area contributed by atoms with Gasteiger partial charge >= 0.3 is 12.0 Å². The summed E-state index contributed by atoms with van der Waals surface area (Å²) in [5.74, 6) is -2.33. The van der Waals surface area contributed by atoms with E-state index in [0.717, 1.165) is 17.0 Å². The first-order valence-electron chi connectivity index (χ1n) is 10.6. The van der Waals surface area contributed by atoms with Gasteiger partial charge in [0.25, 0.3) is 17.5 Å². The Morgan fingerprint density at radius 2 is 1.76 bits per heavy atom. The molecule has 0 aliphatic carbocycles. The number of hydrogen-bond acceptors (Lipinski definition) is 8. The Balaban J connectivity index is 1.72. The van der Waals surface area contributed by atoms with Gasteiger partial charge in [-0.15, -0.1) is 0 Å². The molecule has 13 heteroatoms. The molecule has 3 aromatic carbocycles. The number of carbonyl (C=O) groups excluding carboxylic acids is 4. The number of esters is 1. The van der Waals surface area contributed by atoms with Crippen LogP contribution in [0.4, 0.5) is 16.2 Å². The molecule has 0 unspecified atom stereocenters. The van der Waals surface area contributed by atoms with Gasteiger partial charge in [0.2, 0.25) is 0 Å². The minimum atomic E-state index is -0.942. The molecule has 0 bridgehead atoms. The van der Waals surface area contributed by atoms with Crippen LogP contribution in [-0.2, 0) is 9.59 Å². The van der Waals surface area contributed by atoms with E-state index < -0.39 is 34.3 Å². The zero-order chi connectivity index (χ0) is 27.6. The standard InChI is InChI=1S/C25H15Br2N3O8/c1-37-18-4-2-3-17(12-18)29-23(32)19(22(31)28-25(29)34)10-14-9-15(26)11-20(27)21(14)38-24(33)13-5-7-16(8-6-13)30(35)36/h2-12H,1H3,(H,28,31,34)/b19-10-. The second-order valence-electron chi connectivity index (χ2n) is 7.66. The van der Waals surface area contributed by atoms with Gasteiger partial charge in [-0.25, -0.2) is 14.5 Å². The zero-order valence-electron chi connectivity index (χ0n) is 19.3. The highest BCUT2D eigenvalue weighted by Crippen LogP contribution is 2.36. The second-order valence-corrected chi connectivity index (χ2v) is 9.43. The van der Waals surface area contributed by atoms with Crippen molar-refractivity contribution in [3.63, 3.8) is 0 Å². The van der Waals surface area contributed by atoms with Gasteiger partial charge < -0.3 is 9.47 Å². The van der Waals surface area contributed by atoms with Crippen LogP contribution >= 0.6 is 31.9 Å². The number of nitrogens with zero attached hydrogens (tertiary/aromatic N) is 2. The number of nitro groups is 1. The number of barbiturate groups is 1. The van der Waals surface area contributed by atoms with Crippen LogP contribution in [0.5, 0.6) is 11.5 Å². The van der Waals surface area contributed by atoms with Crippen molar-refractivity contribution in [3.8, 4) is 11.5 Å². The summed E-state index contributed by atoms with van der Waals surface area (Å²) in [6.07, 6.45) is 1.19. The third-order valence-corrected chi connectivity index (χ3v) is 6.31. The Labute approximate surface area is 231 Å². The van der Waals surface area contributed by atoms with Crippen LogP contribution in [0, 0.1) is 10.1 Å². The normalized spacial score (nSPS) is 14.3. The number of halogens is 2. The van der Waals surface area contributed by atoms with Gasteiger partial charge in [-0.2, -0.15) is 0 Å². The number of carbonyl (C=O) groups is 4. The van der Waals surface area contributed by atoms with Crippen LogP contribution < -0.4 is 19.7 Å². The number of nitrogens with one attached hydrogen (secondary N) is 1. The molecule has 0 aromatic heterocycles. The molecule has 0 saturated carbocycles. The summed E-state index contributed by atoms with van der Waals surface area (Å²) in [7, 11) is 1.43. The minimum Gasteiger partial charge on any atom is -0.497 e. The van der Waals surface area contributed by atoms with Crippen LogP contribution in [0.1, 0.15) is 15.9 Å². The van der Waals surface area contributed by atoms with E-state index in [1.54, 1.807) is 18.2 Å². The summed E-state index contributed by atoms with van der Waals surface area (Å²) in [5.41, 5.74) is -0.241. The molecule has 38 heavy (non-hydrogen) atoms. The molecule has 1 fully saturated rings. The smallest absolute Gasteiger partial charge is 0.343 e. The first-order valence-corrected chi connectivity index (χ1v) is 12.2. The topological polar surface area (TPSA) is 145 Å². The van der Waals surface area contributed by atoms with Crippen LogP contribution in [-0.4, -0.2) is 35.8 Å². The summed E-state index contributed by atoms with van der Waals surface area (Å²) in [5, 5.41) is 13.0. The van der Waals surface area contributed by atoms with E-state index in [2.05, 4.69) is 37.2 Å². The van der Waals surface area contributed by atoms with Crippen LogP contribution in [0.25, 0.3) is 6.08 Å². The van der Waals surface area contributed by atoms with E-state index in [1.807, 2.05) is 0 Å². The number of rotatable bonds is 6. The predicted octanol–water partition coefficient (Wildman–Crippen LogP) is 5.01. The van der Waals surface area contributed by atoms with Crippen molar-refractivity contribution < 1.29 is 33.6 Å².